The van der Waals surface area contributed by atoms with E-state index in [2.05, 4.69) is 6.07 Å². The van der Waals surface area contributed by atoms with Gasteiger partial charge >= 0.3 is 5.97 Å². The number of carbonyl (C=O) groups excluding carboxylic acids is 1. The summed E-state index contributed by atoms with van der Waals surface area (Å²) in [5.41, 5.74) is -0.00432. The summed E-state index contributed by atoms with van der Waals surface area (Å²) in [6.07, 6.45) is 0.536. The molecule has 2 rings (SSSR count). The molecule has 0 heterocycles. The van der Waals surface area contributed by atoms with E-state index in [4.69, 9.17) is 9.47 Å². The van der Waals surface area contributed by atoms with Crippen molar-refractivity contribution in [1.29, 1.82) is 5.26 Å². The molecule has 1 saturated carbocycles. The second-order valence-corrected chi connectivity index (χ2v) is 4.33. The Morgan fingerprint density at radius 3 is 2.67 bits per heavy atom. The van der Waals surface area contributed by atoms with Gasteiger partial charge in [-0.15, -0.1) is 0 Å². The molecule has 94 valence electrons. The van der Waals surface area contributed by atoms with Crippen LogP contribution in [0, 0.1) is 16.7 Å². The Morgan fingerprint density at radius 1 is 1.50 bits per heavy atom. The second-order valence-electron chi connectivity index (χ2n) is 4.33. The fourth-order valence-electron chi connectivity index (χ4n) is 2.16. The van der Waals surface area contributed by atoms with Crippen LogP contribution in [-0.2, 0) is 9.53 Å². The maximum absolute atomic E-state index is 11.8. The molecule has 4 heteroatoms. The van der Waals surface area contributed by atoms with Gasteiger partial charge < -0.3 is 9.47 Å². The molecule has 1 fully saturated rings. The largest absolute Gasteiger partial charge is 0.497 e. The predicted octanol–water partition coefficient (Wildman–Crippen LogP) is 2.26. The van der Waals surface area contributed by atoms with Gasteiger partial charge in [-0.3, -0.25) is 4.79 Å². The third-order valence-corrected chi connectivity index (χ3v) is 3.32. The van der Waals surface area contributed by atoms with Gasteiger partial charge in [0, 0.05) is 5.92 Å². The molecule has 2 atom stereocenters. The summed E-state index contributed by atoms with van der Waals surface area (Å²) in [5.74, 6) is 0.291. The minimum Gasteiger partial charge on any atom is -0.497 e. The number of benzene rings is 1. The molecule has 4 nitrogen and oxygen atoms in total. The van der Waals surface area contributed by atoms with Crippen LogP contribution in [0.4, 0.5) is 0 Å². The van der Waals surface area contributed by atoms with Gasteiger partial charge in [0.05, 0.1) is 19.8 Å². The van der Waals surface area contributed by atoms with E-state index in [0.29, 0.717) is 13.0 Å². The average molecular weight is 245 g/mol. The Labute approximate surface area is 106 Å². The molecule has 0 spiro atoms. The first-order valence-electron chi connectivity index (χ1n) is 5.90. The minimum absolute atomic E-state index is 0.0625. The van der Waals surface area contributed by atoms with Gasteiger partial charge in [0.2, 0.25) is 0 Å². The van der Waals surface area contributed by atoms with E-state index in [0.717, 1.165) is 11.3 Å². The van der Waals surface area contributed by atoms with E-state index in [-0.39, 0.29) is 5.92 Å². The van der Waals surface area contributed by atoms with Crippen LogP contribution in [0.15, 0.2) is 24.3 Å². The molecule has 0 aliphatic heterocycles. The van der Waals surface area contributed by atoms with Crippen LogP contribution >= 0.6 is 0 Å². The van der Waals surface area contributed by atoms with Gasteiger partial charge in [0.1, 0.15) is 5.75 Å². The normalized spacial score (nSPS) is 25.1. The van der Waals surface area contributed by atoms with Gasteiger partial charge in [-0.25, -0.2) is 0 Å². The lowest BCUT2D eigenvalue weighted by atomic mass is 10.0. The van der Waals surface area contributed by atoms with Gasteiger partial charge in [-0.05, 0) is 31.0 Å². The maximum Gasteiger partial charge on any atom is 0.327 e. The summed E-state index contributed by atoms with van der Waals surface area (Å²) >= 11 is 0. The Balaban J connectivity index is 2.17. The molecule has 1 aromatic carbocycles. The van der Waals surface area contributed by atoms with Crippen molar-refractivity contribution in [2.75, 3.05) is 13.7 Å². The van der Waals surface area contributed by atoms with Crippen LogP contribution in [0.2, 0.25) is 0 Å². The lowest BCUT2D eigenvalue weighted by Crippen LogP contribution is -2.19. The fourth-order valence-corrected chi connectivity index (χ4v) is 2.16. The molecule has 1 aromatic rings. The predicted molar refractivity (Wildman–Crippen MR) is 65.0 cm³/mol. The van der Waals surface area contributed by atoms with Crippen molar-refractivity contribution in [2.24, 2.45) is 5.41 Å². The molecule has 0 aromatic heterocycles. The average Bonchev–Trinajstić information content (AvgIpc) is 3.15. The zero-order chi connectivity index (χ0) is 13.2. The molecule has 1 aliphatic rings. The first-order chi connectivity index (χ1) is 8.67. The van der Waals surface area contributed by atoms with Crippen LogP contribution < -0.4 is 4.74 Å². The molecule has 18 heavy (non-hydrogen) atoms. The summed E-state index contributed by atoms with van der Waals surface area (Å²) in [6, 6.07) is 9.56. The Kier molecular flexibility index (Phi) is 3.24. The van der Waals surface area contributed by atoms with Crippen molar-refractivity contribution < 1.29 is 14.3 Å². The SMILES string of the molecule is CCOC(=O)[C@@]1(C#N)C[C@@H]1c1ccc(OC)cc1. The van der Waals surface area contributed by atoms with E-state index in [1.54, 1.807) is 14.0 Å². The van der Waals surface area contributed by atoms with E-state index in [1.165, 1.54) is 0 Å². The van der Waals surface area contributed by atoms with Crippen molar-refractivity contribution >= 4 is 5.97 Å². The quantitative estimate of drug-likeness (QED) is 0.763. The second kappa shape index (κ2) is 4.69. The zero-order valence-corrected chi connectivity index (χ0v) is 10.5. The summed E-state index contributed by atoms with van der Waals surface area (Å²) in [5, 5.41) is 9.21. The number of esters is 1. The van der Waals surface area contributed by atoms with E-state index < -0.39 is 11.4 Å². The number of nitrogens with zero attached hydrogens (tertiary/aromatic N) is 1. The fraction of sp³-hybridized carbons (Fsp3) is 0.429. The highest BCUT2D eigenvalue weighted by Gasteiger charge is 2.62. The zero-order valence-electron chi connectivity index (χ0n) is 10.5. The number of ether oxygens (including phenoxy) is 2. The Bertz CT molecular complexity index is 489. The molecular formula is C14H15NO3. The van der Waals surface area contributed by atoms with Crippen molar-refractivity contribution in [3.63, 3.8) is 0 Å². The van der Waals surface area contributed by atoms with Crippen LogP contribution in [0.25, 0.3) is 0 Å². The van der Waals surface area contributed by atoms with Crippen LogP contribution in [0.3, 0.4) is 0 Å². The minimum atomic E-state index is -0.982. The standard InChI is InChI=1S/C14H15NO3/c1-3-18-13(16)14(9-15)8-12(14)10-4-6-11(17-2)7-5-10/h4-7,12H,3,8H2,1-2H3/t12-,14-/m1/s1. The summed E-state index contributed by atoms with van der Waals surface area (Å²) < 4.78 is 10.0. The van der Waals surface area contributed by atoms with Crippen molar-refractivity contribution in [2.45, 2.75) is 19.3 Å². The molecule has 0 unspecified atom stereocenters. The lowest BCUT2D eigenvalue weighted by molar-refractivity contribution is -0.147. The smallest absolute Gasteiger partial charge is 0.327 e. The number of carbonyl (C=O) groups is 1. The third kappa shape index (κ3) is 1.92. The van der Waals surface area contributed by atoms with Gasteiger partial charge in [0.15, 0.2) is 5.41 Å². The highest BCUT2D eigenvalue weighted by molar-refractivity contribution is 5.85. The summed E-state index contributed by atoms with van der Waals surface area (Å²) in [7, 11) is 1.60. The first kappa shape index (κ1) is 12.4. The molecule has 1 aliphatic carbocycles. The van der Waals surface area contributed by atoms with E-state index in [9.17, 15) is 10.1 Å². The third-order valence-electron chi connectivity index (χ3n) is 3.32. The van der Waals surface area contributed by atoms with Gasteiger partial charge in [0.25, 0.3) is 0 Å². The number of hydrogen-bond acceptors (Lipinski definition) is 4. The molecular weight excluding hydrogens is 230 g/mol. The monoisotopic (exact) mass is 245 g/mol. The number of hydrogen-bond donors (Lipinski definition) is 0. The van der Waals surface area contributed by atoms with Crippen LogP contribution in [0.1, 0.15) is 24.8 Å². The topological polar surface area (TPSA) is 59.3 Å². The first-order valence-corrected chi connectivity index (χ1v) is 5.90. The van der Waals surface area contributed by atoms with Crippen molar-refractivity contribution in [3.05, 3.63) is 29.8 Å². The molecule has 0 saturated heterocycles. The summed E-state index contributed by atoms with van der Waals surface area (Å²) in [6.45, 7) is 2.05. The summed E-state index contributed by atoms with van der Waals surface area (Å²) in [4.78, 5) is 11.8. The van der Waals surface area contributed by atoms with E-state index in [1.807, 2.05) is 24.3 Å². The van der Waals surface area contributed by atoms with Gasteiger partial charge in [-0.1, -0.05) is 12.1 Å². The maximum atomic E-state index is 11.8. The molecule has 0 radical (unpaired) electrons. The highest BCUT2D eigenvalue weighted by Crippen LogP contribution is 2.59. The van der Waals surface area contributed by atoms with E-state index >= 15 is 0 Å². The molecule has 0 N–H and O–H groups in total. The molecule has 0 bridgehead atoms. The van der Waals surface area contributed by atoms with Gasteiger partial charge in [-0.2, -0.15) is 5.26 Å². The van der Waals surface area contributed by atoms with Crippen molar-refractivity contribution in [3.8, 4) is 11.8 Å². The Morgan fingerprint density at radius 2 is 2.17 bits per heavy atom. The highest BCUT2D eigenvalue weighted by atomic mass is 16.5. The number of methoxy groups -OCH3 is 1. The van der Waals surface area contributed by atoms with Crippen LogP contribution in [-0.4, -0.2) is 19.7 Å². The van der Waals surface area contributed by atoms with Crippen molar-refractivity contribution in [1.82, 2.24) is 0 Å². The number of rotatable bonds is 4. The van der Waals surface area contributed by atoms with Crippen LogP contribution in [0.5, 0.6) is 5.75 Å². The lowest BCUT2D eigenvalue weighted by Gasteiger charge is -2.08. The Hall–Kier alpha value is -2.02. The molecule has 0 amide bonds. The number of nitriles is 1.